The zero-order chi connectivity index (χ0) is 19.0. The van der Waals surface area contributed by atoms with Crippen molar-refractivity contribution >= 4 is 41.4 Å². The largest absolute Gasteiger partial charge is 0.465 e. The smallest absolute Gasteiger partial charge is 0.328 e. The van der Waals surface area contributed by atoms with Crippen molar-refractivity contribution in [1.29, 1.82) is 0 Å². The quantitative estimate of drug-likeness (QED) is 0.198. The fourth-order valence-corrected chi connectivity index (χ4v) is 2.87. The molecule has 0 fully saturated rings. The third-order valence-corrected chi connectivity index (χ3v) is 4.58. The molecule has 0 radical (unpaired) electrons. The molecule has 0 amide bonds. The van der Waals surface area contributed by atoms with Gasteiger partial charge in [0.05, 0.1) is 17.2 Å². The van der Waals surface area contributed by atoms with Gasteiger partial charge in [-0.25, -0.2) is 0 Å². The molecule has 0 atom stereocenters. The van der Waals surface area contributed by atoms with E-state index in [0.29, 0.717) is 12.7 Å². The lowest BCUT2D eigenvalue weighted by molar-refractivity contribution is -0.168. The van der Waals surface area contributed by atoms with E-state index < -0.39 is 17.4 Å². The van der Waals surface area contributed by atoms with E-state index in [2.05, 4.69) is 0 Å². The van der Waals surface area contributed by atoms with Crippen molar-refractivity contribution in [1.82, 2.24) is 0 Å². The highest BCUT2D eigenvalue weighted by Gasteiger charge is 2.46. The zero-order valence-electron chi connectivity index (χ0n) is 14.6. The van der Waals surface area contributed by atoms with Crippen LogP contribution in [0.4, 0.5) is 0 Å². The van der Waals surface area contributed by atoms with Gasteiger partial charge in [0, 0.05) is 5.02 Å². The molecule has 1 aromatic rings. The first-order chi connectivity index (χ1) is 11.9. The van der Waals surface area contributed by atoms with Crippen molar-refractivity contribution < 1.29 is 23.9 Å². The maximum Gasteiger partial charge on any atom is 0.328 e. The van der Waals surface area contributed by atoms with Gasteiger partial charge in [0.2, 0.25) is 0 Å². The van der Waals surface area contributed by atoms with E-state index in [1.165, 1.54) is 12.1 Å². The number of aldehydes is 1. The molecule has 0 heterocycles. The maximum atomic E-state index is 12.7. The van der Waals surface area contributed by atoms with E-state index >= 15 is 0 Å². The Bertz CT molecular complexity index is 639. The molecule has 0 aromatic heterocycles. The molecule has 0 saturated carbocycles. The minimum atomic E-state index is -1.45. The fraction of sp³-hybridized carbons (Fsp3) is 0.500. The summed E-state index contributed by atoms with van der Waals surface area (Å²) in [5.74, 6) is -1.54. The molecular weight excluding hydrogens is 367 g/mol. The Morgan fingerprint density at radius 3 is 2.28 bits per heavy atom. The first-order valence-electron chi connectivity index (χ1n) is 8.19. The summed E-state index contributed by atoms with van der Waals surface area (Å²) in [6.07, 6.45) is 2.47. The van der Waals surface area contributed by atoms with Crippen LogP contribution in [0.3, 0.4) is 0 Å². The first-order valence-corrected chi connectivity index (χ1v) is 8.95. The van der Waals surface area contributed by atoms with Crippen LogP contribution in [-0.4, -0.2) is 24.8 Å². The van der Waals surface area contributed by atoms with E-state index in [9.17, 15) is 14.4 Å². The van der Waals surface area contributed by atoms with Gasteiger partial charge in [-0.1, -0.05) is 50.4 Å². The average Bonchev–Trinajstić information content (AvgIpc) is 2.58. The fourth-order valence-electron chi connectivity index (χ4n) is 2.32. The van der Waals surface area contributed by atoms with Crippen LogP contribution in [0.15, 0.2) is 12.1 Å². The number of ether oxygens (including phenoxy) is 2. The van der Waals surface area contributed by atoms with Crippen molar-refractivity contribution in [3.8, 4) is 5.75 Å². The summed E-state index contributed by atoms with van der Waals surface area (Å²) < 4.78 is 10.6. The lowest BCUT2D eigenvalue weighted by atomic mass is 9.82. The van der Waals surface area contributed by atoms with Crippen molar-refractivity contribution in [2.75, 3.05) is 6.61 Å². The number of hydrogen-bond donors (Lipinski definition) is 0. The van der Waals surface area contributed by atoms with E-state index in [1.54, 1.807) is 13.8 Å². The first kappa shape index (κ1) is 21.5. The molecule has 0 saturated heterocycles. The third kappa shape index (κ3) is 4.95. The van der Waals surface area contributed by atoms with Crippen LogP contribution in [0.1, 0.15) is 56.8 Å². The second-order valence-electron chi connectivity index (χ2n) is 5.59. The minimum absolute atomic E-state index is 0.0170. The van der Waals surface area contributed by atoms with E-state index in [1.807, 2.05) is 6.92 Å². The van der Waals surface area contributed by atoms with Gasteiger partial charge in [0.1, 0.15) is 0 Å². The Morgan fingerprint density at radius 1 is 1.12 bits per heavy atom. The number of benzene rings is 1. The Kier molecular flexibility index (Phi) is 8.39. The summed E-state index contributed by atoms with van der Waals surface area (Å²) >= 11 is 11.9. The molecule has 0 N–H and O–H groups in total. The molecule has 0 aliphatic carbocycles. The minimum Gasteiger partial charge on any atom is -0.465 e. The maximum absolute atomic E-state index is 12.7. The van der Waals surface area contributed by atoms with Gasteiger partial charge in [-0.15, -0.1) is 0 Å². The Balaban J connectivity index is 3.13. The molecule has 0 spiro atoms. The van der Waals surface area contributed by atoms with Crippen molar-refractivity contribution in [2.24, 2.45) is 5.41 Å². The molecule has 0 bridgehead atoms. The zero-order valence-corrected chi connectivity index (χ0v) is 16.1. The summed E-state index contributed by atoms with van der Waals surface area (Å²) in [4.78, 5) is 36.4. The molecule has 138 valence electrons. The van der Waals surface area contributed by atoms with E-state index in [4.69, 9.17) is 32.7 Å². The lowest BCUT2D eigenvalue weighted by Gasteiger charge is -2.27. The highest BCUT2D eigenvalue weighted by Crippen LogP contribution is 2.36. The molecule has 0 aliphatic rings. The van der Waals surface area contributed by atoms with Gasteiger partial charge < -0.3 is 9.47 Å². The standard InChI is InChI=1S/C18H22Cl2O5/c1-4-7-8-24-16(22)18(5-2,6-3)17(23)25-15-12(11-21)9-13(19)10-14(15)20/h9-11H,4-8H2,1-3H3. The normalized spacial score (nSPS) is 11.1. The number of rotatable bonds is 9. The number of esters is 2. The second-order valence-corrected chi connectivity index (χ2v) is 6.44. The molecule has 0 unspecified atom stereocenters. The number of halogens is 2. The summed E-state index contributed by atoms with van der Waals surface area (Å²) in [5, 5.41) is 0.256. The molecule has 1 aromatic carbocycles. The van der Waals surface area contributed by atoms with Crippen LogP contribution in [0.2, 0.25) is 10.0 Å². The van der Waals surface area contributed by atoms with Crippen LogP contribution in [-0.2, 0) is 14.3 Å². The SMILES string of the molecule is CCCCOC(=O)C(CC)(CC)C(=O)Oc1c(Cl)cc(Cl)cc1C=O. The average molecular weight is 389 g/mol. The van der Waals surface area contributed by atoms with Crippen LogP contribution in [0, 0.1) is 5.41 Å². The van der Waals surface area contributed by atoms with E-state index in [0.717, 1.165) is 6.42 Å². The molecule has 5 nitrogen and oxygen atoms in total. The number of unbranched alkanes of at least 4 members (excludes halogenated alkanes) is 1. The molecular formula is C18H22Cl2O5. The Morgan fingerprint density at radius 2 is 1.76 bits per heavy atom. The van der Waals surface area contributed by atoms with Gasteiger partial charge in [0.25, 0.3) is 0 Å². The Labute approximate surface area is 157 Å². The summed E-state index contributed by atoms with van der Waals surface area (Å²) in [5.41, 5.74) is -1.41. The van der Waals surface area contributed by atoms with Crippen LogP contribution in [0.25, 0.3) is 0 Å². The summed E-state index contributed by atoms with van der Waals surface area (Å²) in [6.45, 7) is 5.62. The monoisotopic (exact) mass is 388 g/mol. The van der Waals surface area contributed by atoms with Crippen LogP contribution >= 0.6 is 23.2 Å². The number of carbonyl (C=O) groups excluding carboxylic acids is 3. The predicted octanol–water partition coefficient (Wildman–Crippen LogP) is 4.86. The predicted molar refractivity (Wildman–Crippen MR) is 96.4 cm³/mol. The van der Waals surface area contributed by atoms with Gasteiger partial charge >= 0.3 is 11.9 Å². The summed E-state index contributed by atoms with van der Waals surface area (Å²) in [6, 6.07) is 2.69. The van der Waals surface area contributed by atoms with Crippen molar-refractivity contribution in [2.45, 2.75) is 46.5 Å². The van der Waals surface area contributed by atoms with Gasteiger partial charge in [-0.2, -0.15) is 0 Å². The van der Waals surface area contributed by atoms with E-state index in [-0.39, 0.29) is 40.8 Å². The van der Waals surface area contributed by atoms with Crippen LogP contribution < -0.4 is 4.74 Å². The summed E-state index contributed by atoms with van der Waals surface area (Å²) in [7, 11) is 0. The van der Waals surface area contributed by atoms with Gasteiger partial charge in [0.15, 0.2) is 17.5 Å². The van der Waals surface area contributed by atoms with Gasteiger partial charge in [-0.05, 0) is 31.4 Å². The van der Waals surface area contributed by atoms with Gasteiger partial charge in [-0.3, -0.25) is 14.4 Å². The van der Waals surface area contributed by atoms with Crippen molar-refractivity contribution in [3.05, 3.63) is 27.7 Å². The molecule has 1 rings (SSSR count). The Hall–Kier alpha value is -1.59. The molecule has 7 heteroatoms. The highest BCUT2D eigenvalue weighted by atomic mass is 35.5. The number of hydrogen-bond acceptors (Lipinski definition) is 5. The highest BCUT2D eigenvalue weighted by molar-refractivity contribution is 6.36. The van der Waals surface area contributed by atoms with Crippen molar-refractivity contribution in [3.63, 3.8) is 0 Å². The molecule has 0 aliphatic heterocycles. The number of carbonyl (C=O) groups is 3. The molecule has 25 heavy (non-hydrogen) atoms. The second kappa shape index (κ2) is 9.78. The lowest BCUT2D eigenvalue weighted by Crippen LogP contribution is -2.42. The topological polar surface area (TPSA) is 69.7 Å². The third-order valence-electron chi connectivity index (χ3n) is 4.08. The van der Waals surface area contributed by atoms with Crippen LogP contribution in [0.5, 0.6) is 5.75 Å².